The predicted octanol–water partition coefficient (Wildman–Crippen LogP) is 2.71. The van der Waals surface area contributed by atoms with Crippen LogP contribution in [0.25, 0.3) is 11.4 Å². The molecule has 0 spiro atoms. The van der Waals surface area contributed by atoms with Gasteiger partial charge in [0.05, 0.1) is 42.0 Å². The summed E-state index contributed by atoms with van der Waals surface area (Å²) in [5.74, 6) is 0.398. The second-order valence-corrected chi connectivity index (χ2v) is 8.95. The molecule has 1 aromatic carbocycles. The number of carbonyl (C=O) groups excluding carboxylic acids is 1. The van der Waals surface area contributed by atoms with Crippen molar-refractivity contribution < 1.29 is 32.9 Å². The standard InChI is InChI=1S/C24H24F3N7O4/c25-24(26,27)15-4-1-3-14(7-15)21-28-10-19-22(31-21)34(17-5-2-6-33(19)11-17)23(37)30-16-8-20(32-29-9-16)38-13-18(36)12-35/h1,3-4,7-10,17-18,35-36H,2,5-6,11-13H2,(H,30,32,37)/t17?,18-/m0/s1. The predicted molar refractivity (Wildman–Crippen MR) is 130 cm³/mol. The van der Waals surface area contributed by atoms with E-state index >= 15 is 0 Å². The Kier molecular flexibility index (Phi) is 6.99. The molecule has 2 aliphatic rings. The molecule has 3 aromatic rings. The van der Waals surface area contributed by atoms with Crippen LogP contribution in [0.3, 0.4) is 0 Å². The SMILES string of the molecule is O=C(Nc1cnnc(OC[C@@H](O)CO)c1)N1c2nc(-c3cccc(C(F)(F)F)c3)ncc2N2CCCC1C2. The number of aromatic nitrogens is 4. The number of alkyl halides is 3. The second kappa shape index (κ2) is 10.4. The zero-order chi connectivity index (χ0) is 26.9. The van der Waals surface area contributed by atoms with Crippen molar-refractivity contribution >= 4 is 23.2 Å². The highest BCUT2D eigenvalue weighted by Gasteiger charge is 2.39. The molecular weight excluding hydrogens is 507 g/mol. The van der Waals surface area contributed by atoms with Crippen molar-refractivity contribution in [3.8, 4) is 17.3 Å². The summed E-state index contributed by atoms with van der Waals surface area (Å²) in [4.78, 5) is 25.9. The minimum atomic E-state index is -4.52. The van der Waals surface area contributed by atoms with Gasteiger partial charge in [0.15, 0.2) is 11.6 Å². The normalized spacial score (nSPS) is 17.6. The van der Waals surface area contributed by atoms with Crippen molar-refractivity contribution in [2.24, 2.45) is 0 Å². The number of urea groups is 1. The third-order valence-corrected chi connectivity index (χ3v) is 6.27. The van der Waals surface area contributed by atoms with Gasteiger partial charge in [0, 0.05) is 24.7 Å². The number of hydrogen-bond donors (Lipinski definition) is 3. The topological polar surface area (TPSA) is 137 Å². The van der Waals surface area contributed by atoms with E-state index in [1.165, 1.54) is 35.5 Å². The van der Waals surface area contributed by atoms with Gasteiger partial charge in [-0.1, -0.05) is 12.1 Å². The Morgan fingerprint density at radius 1 is 1.26 bits per heavy atom. The summed E-state index contributed by atoms with van der Waals surface area (Å²) in [5.41, 5.74) is 0.243. The highest BCUT2D eigenvalue weighted by molar-refractivity contribution is 6.04. The molecule has 5 rings (SSSR count). The van der Waals surface area contributed by atoms with Crippen molar-refractivity contribution in [3.05, 3.63) is 48.3 Å². The minimum Gasteiger partial charge on any atom is -0.474 e. The number of carbonyl (C=O) groups is 1. The number of nitrogens with zero attached hydrogens (tertiary/aromatic N) is 6. The van der Waals surface area contributed by atoms with E-state index in [2.05, 4.69) is 30.4 Å². The first-order valence-electron chi connectivity index (χ1n) is 11.9. The van der Waals surface area contributed by atoms with Crippen molar-refractivity contribution in [2.45, 2.75) is 31.2 Å². The fourth-order valence-corrected chi connectivity index (χ4v) is 4.46. The summed E-state index contributed by atoms with van der Waals surface area (Å²) >= 11 is 0. The van der Waals surface area contributed by atoms with Gasteiger partial charge in [-0.3, -0.25) is 4.90 Å². The number of nitrogens with one attached hydrogen (secondary N) is 1. The van der Waals surface area contributed by atoms with E-state index in [1.54, 1.807) is 0 Å². The van der Waals surface area contributed by atoms with Crippen LogP contribution in [0, 0.1) is 0 Å². The number of aliphatic hydroxyl groups excluding tert-OH is 2. The lowest BCUT2D eigenvalue weighted by molar-refractivity contribution is -0.137. The maximum absolute atomic E-state index is 13.5. The number of ether oxygens (including phenoxy) is 1. The highest BCUT2D eigenvalue weighted by atomic mass is 19.4. The summed E-state index contributed by atoms with van der Waals surface area (Å²) in [6.07, 6.45) is -1.21. The van der Waals surface area contributed by atoms with E-state index in [0.717, 1.165) is 25.1 Å². The lowest BCUT2D eigenvalue weighted by Gasteiger charge is -2.45. The van der Waals surface area contributed by atoms with Gasteiger partial charge in [0.2, 0.25) is 5.88 Å². The van der Waals surface area contributed by atoms with E-state index in [0.29, 0.717) is 24.5 Å². The zero-order valence-corrected chi connectivity index (χ0v) is 20.0. The molecule has 1 saturated heterocycles. The summed E-state index contributed by atoms with van der Waals surface area (Å²) < 4.78 is 45.1. The number of fused-ring (bicyclic) bond motifs is 4. The van der Waals surface area contributed by atoms with Gasteiger partial charge in [-0.15, -0.1) is 5.10 Å². The molecule has 1 unspecified atom stereocenters. The van der Waals surface area contributed by atoms with Crippen LogP contribution in [0.2, 0.25) is 0 Å². The molecule has 0 radical (unpaired) electrons. The molecule has 2 bridgehead atoms. The van der Waals surface area contributed by atoms with Crippen LogP contribution in [0.15, 0.2) is 42.7 Å². The van der Waals surface area contributed by atoms with Crippen molar-refractivity contribution in [3.63, 3.8) is 0 Å². The largest absolute Gasteiger partial charge is 0.474 e. The van der Waals surface area contributed by atoms with E-state index in [-0.39, 0.29) is 35.6 Å². The molecule has 2 atom stereocenters. The molecule has 0 saturated carbocycles. The first-order valence-corrected chi connectivity index (χ1v) is 11.9. The van der Waals surface area contributed by atoms with E-state index in [4.69, 9.17) is 9.84 Å². The highest BCUT2D eigenvalue weighted by Crippen LogP contribution is 2.39. The lowest BCUT2D eigenvalue weighted by Crippen LogP contribution is -2.56. The fraction of sp³-hybridized carbons (Fsp3) is 0.375. The van der Waals surface area contributed by atoms with Crippen molar-refractivity contribution in [1.82, 2.24) is 20.2 Å². The Bertz CT molecular complexity index is 1330. The average molecular weight is 531 g/mol. The Labute approximate surface area is 214 Å². The molecule has 4 heterocycles. The summed E-state index contributed by atoms with van der Waals surface area (Å²) in [6.45, 7) is 0.616. The minimum absolute atomic E-state index is 0.0346. The number of aliphatic hydroxyl groups is 2. The van der Waals surface area contributed by atoms with Crippen molar-refractivity contribution in [2.75, 3.05) is 41.4 Å². The molecule has 0 aliphatic carbocycles. The first-order chi connectivity index (χ1) is 18.2. The summed E-state index contributed by atoms with van der Waals surface area (Å²) in [7, 11) is 0. The van der Waals surface area contributed by atoms with E-state index < -0.39 is 30.5 Å². The smallest absolute Gasteiger partial charge is 0.416 e. The third kappa shape index (κ3) is 5.31. The van der Waals surface area contributed by atoms with Gasteiger partial charge in [-0.05, 0) is 25.0 Å². The Balaban J connectivity index is 1.44. The molecule has 3 N–H and O–H groups in total. The van der Waals surface area contributed by atoms with Crippen LogP contribution in [-0.2, 0) is 6.18 Å². The van der Waals surface area contributed by atoms with Crippen molar-refractivity contribution in [1.29, 1.82) is 0 Å². The molecule has 38 heavy (non-hydrogen) atoms. The number of piperidine rings is 1. The maximum Gasteiger partial charge on any atom is 0.416 e. The monoisotopic (exact) mass is 531 g/mol. The van der Waals surface area contributed by atoms with Gasteiger partial charge < -0.3 is 25.2 Å². The molecule has 2 aliphatic heterocycles. The molecule has 14 heteroatoms. The number of hydrogen-bond acceptors (Lipinski definition) is 9. The quantitative estimate of drug-likeness (QED) is 0.439. The van der Waals surface area contributed by atoms with Crippen LogP contribution in [0.4, 0.5) is 35.2 Å². The Morgan fingerprint density at radius 3 is 2.89 bits per heavy atom. The first kappa shape index (κ1) is 25.6. The number of rotatable bonds is 6. The fourth-order valence-electron chi connectivity index (χ4n) is 4.46. The van der Waals surface area contributed by atoms with Crippen LogP contribution >= 0.6 is 0 Å². The van der Waals surface area contributed by atoms with E-state index in [1.807, 2.05) is 0 Å². The molecular formula is C24H24F3N7O4. The summed E-state index contributed by atoms with van der Waals surface area (Å²) in [5, 5.41) is 28.7. The lowest BCUT2D eigenvalue weighted by atomic mass is 10.0. The maximum atomic E-state index is 13.5. The molecule has 1 fully saturated rings. The van der Waals surface area contributed by atoms with E-state index in [9.17, 15) is 23.1 Å². The number of anilines is 3. The molecule has 200 valence electrons. The zero-order valence-electron chi connectivity index (χ0n) is 20.0. The van der Waals surface area contributed by atoms with Crippen LogP contribution in [0.1, 0.15) is 18.4 Å². The Hall–Kier alpha value is -4.04. The summed E-state index contributed by atoms with van der Waals surface area (Å²) in [6, 6.07) is 5.42. The average Bonchev–Trinajstić information content (AvgIpc) is 2.91. The molecule has 11 nitrogen and oxygen atoms in total. The van der Waals surface area contributed by atoms with Crippen LogP contribution < -0.4 is 19.9 Å². The van der Waals surface area contributed by atoms with Gasteiger partial charge in [0.1, 0.15) is 12.7 Å². The van der Waals surface area contributed by atoms with Crippen LogP contribution in [0.5, 0.6) is 5.88 Å². The van der Waals surface area contributed by atoms with Gasteiger partial charge in [-0.25, -0.2) is 14.8 Å². The van der Waals surface area contributed by atoms with Crippen LogP contribution in [-0.4, -0.2) is 74.9 Å². The third-order valence-electron chi connectivity index (χ3n) is 6.27. The van der Waals surface area contributed by atoms with Gasteiger partial charge in [-0.2, -0.15) is 18.3 Å². The Morgan fingerprint density at radius 2 is 2.11 bits per heavy atom. The number of amides is 2. The van der Waals surface area contributed by atoms with Gasteiger partial charge >= 0.3 is 12.2 Å². The number of benzene rings is 1. The molecule has 2 aromatic heterocycles. The second-order valence-electron chi connectivity index (χ2n) is 8.95. The molecule has 2 amide bonds. The number of halogens is 3. The van der Waals surface area contributed by atoms with Gasteiger partial charge in [0.25, 0.3) is 0 Å².